The summed E-state index contributed by atoms with van der Waals surface area (Å²) in [7, 11) is -1.95. The van der Waals surface area contributed by atoms with Gasteiger partial charge >= 0.3 is 5.51 Å². The molecule has 0 aliphatic rings. The lowest BCUT2D eigenvalue weighted by molar-refractivity contribution is -0.0867. The van der Waals surface area contributed by atoms with Crippen molar-refractivity contribution in [1.82, 2.24) is 0 Å². The fraction of sp³-hybridized carbons (Fsp3) is 0.385. The molecule has 0 aliphatic heterocycles. The van der Waals surface area contributed by atoms with Gasteiger partial charge in [-0.1, -0.05) is 13.3 Å². The molecule has 0 fully saturated rings. The molecule has 0 N–H and O–H groups in total. The number of benzene rings is 1. The second-order valence-electron chi connectivity index (χ2n) is 4.15. The molecule has 0 saturated heterocycles. The van der Waals surface area contributed by atoms with E-state index in [2.05, 4.69) is 0 Å². The first-order valence-corrected chi connectivity index (χ1v) is 6.97. The Morgan fingerprint density at radius 1 is 1.16 bits per heavy atom. The number of fused-ring (bicyclic) bond motifs is 1. The normalized spacial score (nSPS) is 12.6. The lowest BCUT2D eigenvalue weighted by Gasteiger charge is -1.99. The van der Waals surface area contributed by atoms with Crippen LogP contribution in [-0.4, -0.2) is 0 Å². The van der Waals surface area contributed by atoms with Crippen molar-refractivity contribution in [3.8, 4) is 0 Å². The van der Waals surface area contributed by atoms with Crippen molar-refractivity contribution in [1.29, 1.82) is 0 Å². The van der Waals surface area contributed by atoms with Crippen LogP contribution in [-0.2, 0) is 11.9 Å². The van der Waals surface area contributed by atoms with Crippen LogP contribution in [0.15, 0.2) is 24.3 Å². The molecule has 106 valence electrons. The van der Waals surface area contributed by atoms with E-state index in [-0.39, 0.29) is 17.1 Å². The quantitative estimate of drug-likeness (QED) is 0.484. The van der Waals surface area contributed by atoms with Crippen LogP contribution in [0.2, 0.25) is 0 Å². The minimum absolute atomic E-state index is 0. The van der Waals surface area contributed by atoms with E-state index < -0.39 is 21.8 Å². The number of alkyl halides is 3. The van der Waals surface area contributed by atoms with Gasteiger partial charge in [-0.25, -0.2) is 4.39 Å². The second kappa shape index (κ2) is 6.09. The van der Waals surface area contributed by atoms with Crippen molar-refractivity contribution in [3.05, 3.63) is 35.0 Å². The molecular weight excluding hydrogens is 300 g/mol. The fourth-order valence-corrected chi connectivity index (χ4v) is 3.99. The van der Waals surface area contributed by atoms with Crippen molar-refractivity contribution in [2.24, 2.45) is 0 Å². The Morgan fingerprint density at radius 3 is 2.42 bits per heavy atom. The summed E-state index contributed by atoms with van der Waals surface area (Å²) in [5.41, 5.74) is -4.32. The molecule has 6 heteroatoms. The monoisotopic (exact) mass is 313 g/mol. The predicted octanol–water partition coefficient (Wildman–Crippen LogP) is 5.97. The van der Waals surface area contributed by atoms with E-state index in [4.69, 9.17) is 0 Å². The fourth-order valence-electron chi connectivity index (χ4n) is 1.98. The molecule has 0 saturated carbocycles. The van der Waals surface area contributed by atoms with Crippen LogP contribution < -0.4 is 0 Å². The molecule has 2 aromatic rings. The molecule has 1 heterocycles. The number of halogens is 5. The SMILES string of the molecule is CCCCc1cc2ccc(F)cc2[s+]1C(F)(F)F.Cl. The molecule has 1 aromatic carbocycles. The number of hydrogen-bond acceptors (Lipinski definition) is 0. The van der Waals surface area contributed by atoms with E-state index in [1.807, 2.05) is 6.92 Å². The third-order valence-corrected chi connectivity index (χ3v) is 4.89. The summed E-state index contributed by atoms with van der Waals surface area (Å²) in [5, 5.41) is 0.503. The van der Waals surface area contributed by atoms with E-state index in [0.29, 0.717) is 16.7 Å². The Bertz CT molecular complexity index is 560. The van der Waals surface area contributed by atoms with Gasteiger partial charge in [0.15, 0.2) is 9.58 Å². The Labute approximate surface area is 117 Å². The van der Waals surface area contributed by atoms with E-state index in [9.17, 15) is 17.6 Å². The number of aryl methyl sites for hydroxylation is 1. The third kappa shape index (κ3) is 3.39. The highest BCUT2D eigenvalue weighted by Crippen LogP contribution is 2.51. The summed E-state index contributed by atoms with van der Waals surface area (Å²) in [4.78, 5) is 0.380. The van der Waals surface area contributed by atoms with Crippen LogP contribution in [0.5, 0.6) is 0 Å². The van der Waals surface area contributed by atoms with E-state index in [0.717, 1.165) is 18.9 Å². The molecule has 2 rings (SSSR count). The van der Waals surface area contributed by atoms with Crippen LogP contribution in [0.1, 0.15) is 24.6 Å². The highest BCUT2D eigenvalue weighted by Gasteiger charge is 2.47. The van der Waals surface area contributed by atoms with Crippen molar-refractivity contribution < 1.29 is 17.6 Å². The summed E-state index contributed by atoms with van der Waals surface area (Å²) >= 11 is 0. The molecule has 0 spiro atoms. The van der Waals surface area contributed by atoms with Crippen molar-refractivity contribution in [2.75, 3.05) is 0 Å². The lowest BCUT2D eigenvalue weighted by atomic mass is 10.2. The highest BCUT2D eigenvalue weighted by atomic mass is 35.5. The highest BCUT2D eigenvalue weighted by molar-refractivity contribution is 7.38. The number of thiophene rings is 1. The van der Waals surface area contributed by atoms with Crippen LogP contribution in [0, 0.1) is 5.82 Å². The Hall–Kier alpha value is -0.810. The van der Waals surface area contributed by atoms with Gasteiger partial charge in [0.05, 0.1) is 10.5 Å². The van der Waals surface area contributed by atoms with Gasteiger partial charge in [-0.05, 0) is 18.6 Å². The zero-order valence-corrected chi connectivity index (χ0v) is 11.9. The smallest absolute Gasteiger partial charge is 0.207 e. The van der Waals surface area contributed by atoms with E-state index >= 15 is 0 Å². The van der Waals surface area contributed by atoms with Gasteiger partial charge in [0, 0.05) is 23.9 Å². The van der Waals surface area contributed by atoms with Crippen LogP contribution >= 0.6 is 22.9 Å². The van der Waals surface area contributed by atoms with Crippen LogP contribution in [0.3, 0.4) is 0 Å². The summed E-state index contributed by atoms with van der Waals surface area (Å²) in [6.07, 6.45) is 1.99. The molecule has 0 aliphatic carbocycles. The summed E-state index contributed by atoms with van der Waals surface area (Å²) in [5.74, 6) is -0.611. The average molecular weight is 314 g/mol. The van der Waals surface area contributed by atoms with Crippen LogP contribution in [0.4, 0.5) is 17.6 Å². The van der Waals surface area contributed by atoms with Gasteiger partial charge < -0.3 is 0 Å². The minimum atomic E-state index is -4.32. The van der Waals surface area contributed by atoms with Crippen molar-refractivity contribution >= 4 is 33.0 Å². The van der Waals surface area contributed by atoms with Gasteiger partial charge in [-0.15, -0.1) is 25.6 Å². The summed E-state index contributed by atoms with van der Waals surface area (Å²) in [6.45, 7) is 1.94. The van der Waals surface area contributed by atoms with Crippen molar-refractivity contribution in [2.45, 2.75) is 31.7 Å². The number of rotatable bonds is 3. The zero-order valence-electron chi connectivity index (χ0n) is 10.3. The maximum atomic E-state index is 13.1. The predicted molar refractivity (Wildman–Crippen MR) is 73.5 cm³/mol. The first-order chi connectivity index (χ1) is 8.43. The molecule has 1 unspecified atom stereocenters. The molecule has 19 heavy (non-hydrogen) atoms. The van der Waals surface area contributed by atoms with Crippen LogP contribution in [0.25, 0.3) is 10.1 Å². The molecule has 0 bridgehead atoms. The van der Waals surface area contributed by atoms with Gasteiger partial charge in [0.25, 0.3) is 0 Å². The maximum Gasteiger partial charge on any atom is 0.600 e. The van der Waals surface area contributed by atoms with Gasteiger partial charge in [-0.2, -0.15) is 0 Å². The Balaban J connectivity index is 0.00000180. The maximum absolute atomic E-state index is 13.1. The molecule has 0 radical (unpaired) electrons. The molecular formula is C13H14ClF4S+. The van der Waals surface area contributed by atoms with Crippen molar-refractivity contribution in [3.63, 3.8) is 0 Å². The van der Waals surface area contributed by atoms with E-state index in [1.54, 1.807) is 6.07 Å². The summed E-state index contributed by atoms with van der Waals surface area (Å²) in [6, 6.07) is 5.22. The van der Waals surface area contributed by atoms with Gasteiger partial charge in [0.1, 0.15) is 5.82 Å². The zero-order chi connectivity index (χ0) is 13.3. The number of hydrogen-bond donors (Lipinski definition) is 0. The molecule has 0 amide bonds. The third-order valence-electron chi connectivity index (χ3n) is 2.78. The van der Waals surface area contributed by atoms with Gasteiger partial charge in [0.2, 0.25) is 0 Å². The minimum Gasteiger partial charge on any atom is -0.207 e. The molecule has 1 atom stereocenters. The average Bonchev–Trinajstić information content (AvgIpc) is 2.63. The van der Waals surface area contributed by atoms with Gasteiger partial charge in [-0.3, -0.25) is 0 Å². The Morgan fingerprint density at radius 2 is 1.84 bits per heavy atom. The largest absolute Gasteiger partial charge is 0.600 e. The summed E-state index contributed by atoms with van der Waals surface area (Å²) < 4.78 is 52.5. The Kier molecular flexibility index (Phi) is 5.21. The first kappa shape index (κ1) is 16.2. The standard InChI is InChI=1S/C13H13F4S.ClH/c1-2-3-4-11-7-9-5-6-10(14)8-12(9)18(11)13(15,16)17;/h5-8H,2-4H2,1H3;1H/q+1;. The second-order valence-corrected chi connectivity index (χ2v) is 6.19. The first-order valence-electron chi connectivity index (χ1n) is 5.74. The topological polar surface area (TPSA) is 0 Å². The molecule has 1 aromatic heterocycles. The number of unbranched alkanes of at least 4 members (excludes halogenated alkanes) is 1. The lowest BCUT2D eigenvalue weighted by Crippen LogP contribution is -1.98. The van der Waals surface area contributed by atoms with E-state index in [1.165, 1.54) is 12.1 Å². The molecule has 0 nitrogen and oxygen atoms in total.